The average molecular weight is 282 g/mol. The summed E-state index contributed by atoms with van der Waals surface area (Å²) in [6, 6.07) is 0. The van der Waals surface area contributed by atoms with Gasteiger partial charge in [0.15, 0.2) is 0 Å². The lowest BCUT2D eigenvalue weighted by molar-refractivity contribution is -0.148. The second kappa shape index (κ2) is 7.41. The van der Waals surface area contributed by atoms with E-state index in [2.05, 4.69) is 17.1 Å². The number of ether oxygens (including phenoxy) is 1. The molecule has 0 aromatic heterocycles. The molecule has 0 aliphatic carbocycles. The number of carbonyl (C=O) groups is 1. The van der Waals surface area contributed by atoms with Crippen LogP contribution in [-0.2, 0) is 9.53 Å². The number of piperidine rings is 2. The molecule has 4 nitrogen and oxygen atoms in total. The lowest BCUT2D eigenvalue weighted by Gasteiger charge is -2.42. The Morgan fingerprint density at radius 2 is 2.10 bits per heavy atom. The van der Waals surface area contributed by atoms with Crippen LogP contribution in [0.2, 0.25) is 0 Å². The van der Waals surface area contributed by atoms with Crippen molar-refractivity contribution in [3.05, 3.63) is 0 Å². The summed E-state index contributed by atoms with van der Waals surface area (Å²) in [6.07, 6.45) is 6.54. The van der Waals surface area contributed by atoms with Crippen molar-refractivity contribution in [2.24, 2.45) is 5.41 Å². The van der Waals surface area contributed by atoms with Crippen molar-refractivity contribution in [2.45, 2.75) is 58.5 Å². The Morgan fingerprint density at radius 1 is 1.35 bits per heavy atom. The van der Waals surface area contributed by atoms with Crippen molar-refractivity contribution in [2.75, 3.05) is 32.8 Å². The maximum atomic E-state index is 13.1. The van der Waals surface area contributed by atoms with Gasteiger partial charge in [-0.1, -0.05) is 13.3 Å². The maximum Gasteiger partial charge on any atom is 0.228 e. The maximum absolute atomic E-state index is 13.1. The molecule has 20 heavy (non-hydrogen) atoms. The minimum Gasteiger partial charge on any atom is -0.377 e. The number of nitrogens with zero attached hydrogens (tertiary/aromatic N) is 1. The standard InChI is InChI=1S/C16H30N2O2/c1-3-7-16(8-10-17-11-9-16)15(19)18-12-5-6-14(13-18)20-4-2/h14,17H,3-13H2,1-2H3. The summed E-state index contributed by atoms with van der Waals surface area (Å²) in [6.45, 7) is 8.65. The zero-order valence-electron chi connectivity index (χ0n) is 13.1. The van der Waals surface area contributed by atoms with E-state index >= 15 is 0 Å². The Kier molecular flexibility index (Phi) is 5.85. The molecule has 2 heterocycles. The molecule has 2 fully saturated rings. The Bertz CT molecular complexity index is 306. The van der Waals surface area contributed by atoms with Gasteiger partial charge in [-0.15, -0.1) is 0 Å². The SMILES string of the molecule is CCCC1(C(=O)N2CCCC(OCC)C2)CCNCC1. The Hall–Kier alpha value is -0.610. The molecule has 1 N–H and O–H groups in total. The summed E-state index contributed by atoms with van der Waals surface area (Å²) in [4.78, 5) is 15.1. The van der Waals surface area contributed by atoms with Gasteiger partial charge in [0.2, 0.25) is 5.91 Å². The van der Waals surface area contributed by atoms with Gasteiger partial charge in [-0.25, -0.2) is 0 Å². The van der Waals surface area contributed by atoms with Gasteiger partial charge in [0.25, 0.3) is 0 Å². The Morgan fingerprint density at radius 3 is 2.75 bits per heavy atom. The van der Waals surface area contributed by atoms with Crippen LogP contribution in [0.5, 0.6) is 0 Å². The first-order chi connectivity index (χ1) is 9.72. The van der Waals surface area contributed by atoms with E-state index in [1.165, 1.54) is 0 Å². The van der Waals surface area contributed by atoms with E-state index in [4.69, 9.17) is 4.74 Å². The zero-order chi connectivity index (χ0) is 14.4. The molecule has 4 heteroatoms. The van der Waals surface area contributed by atoms with Gasteiger partial charge < -0.3 is 15.0 Å². The van der Waals surface area contributed by atoms with Crippen molar-refractivity contribution in [1.82, 2.24) is 10.2 Å². The fourth-order valence-corrected chi connectivity index (χ4v) is 3.78. The molecule has 116 valence electrons. The van der Waals surface area contributed by atoms with Crippen LogP contribution in [0.25, 0.3) is 0 Å². The van der Waals surface area contributed by atoms with Crippen molar-refractivity contribution in [3.63, 3.8) is 0 Å². The van der Waals surface area contributed by atoms with E-state index in [1.54, 1.807) is 0 Å². The molecule has 0 spiro atoms. The number of amides is 1. The van der Waals surface area contributed by atoms with Gasteiger partial charge >= 0.3 is 0 Å². The number of hydrogen-bond acceptors (Lipinski definition) is 3. The molecule has 1 unspecified atom stereocenters. The number of hydrogen-bond donors (Lipinski definition) is 1. The molecule has 0 bridgehead atoms. The minimum atomic E-state index is -0.103. The predicted octanol–water partition coefficient (Wildman–Crippen LogP) is 2.18. The van der Waals surface area contributed by atoms with Crippen molar-refractivity contribution >= 4 is 5.91 Å². The summed E-state index contributed by atoms with van der Waals surface area (Å²) in [5.74, 6) is 0.394. The van der Waals surface area contributed by atoms with Crippen LogP contribution in [0, 0.1) is 5.41 Å². The molecular weight excluding hydrogens is 252 g/mol. The first-order valence-corrected chi connectivity index (χ1v) is 8.33. The van der Waals surface area contributed by atoms with Crippen molar-refractivity contribution in [3.8, 4) is 0 Å². The Balaban J connectivity index is 2.02. The topological polar surface area (TPSA) is 41.6 Å². The normalized spacial score (nSPS) is 26.5. The molecule has 0 radical (unpaired) electrons. The summed E-state index contributed by atoms with van der Waals surface area (Å²) in [7, 11) is 0. The Labute approximate surface area is 123 Å². The molecular formula is C16H30N2O2. The van der Waals surface area contributed by atoms with Crippen LogP contribution in [0.1, 0.15) is 52.4 Å². The summed E-state index contributed by atoms with van der Waals surface area (Å²) in [5.41, 5.74) is -0.103. The van der Waals surface area contributed by atoms with Crippen LogP contribution in [0.15, 0.2) is 0 Å². The molecule has 2 aliphatic heterocycles. The van der Waals surface area contributed by atoms with Crippen LogP contribution >= 0.6 is 0 Å². The number of nitrogens with one attached hydrogen (secondary N) is 1. The van der Waals surface area contributed by atoms with Crippen LogP contribution < -0.4 is 5.32 Å². The lowest BCUT2D eigenvalue weighted by atomic mass is 9.74. The molecule has 1 amide bonds. The molecule has 2 aliphatic rings. The fraction of sp³-hybridized carbons (Fsp3) is 0.938. The third-order valence-corrected chi connectivity index (χ3v) is 4.81. The third kappa shape index (κ3) is 3.53. The van der Waals surface area contributed by atoms with Gasteiger partial charge in [-0.05, 0) is 52.1 Å². The molecule has 2 saturated heterocycles. The number of likely N-dealkylation sites (tertiary alicyclic amines) is 1. The van der Waals surface area contributed by atoms with Crippen molar-refractivity contribution in [1.29, 1.82) is 0 Å². The smallest absolute Gasteiger partial charge is 0.228 e. The van der Waals surface area contributed by atoms with E-state index in [-0.39, 0.29) is 11.5 Å². The monoisotopic (exact) mass is 282 g/mol. The highest BCUT2D eigenvalue weighted by Crippen LogP contribution is 2.37. The predicted molar refractivity (Wildman–Crippen MR) is 80.7 cm³/mol. The lowest BCUT2D eigenvalue weighted by Crippen LogP contribution is -2.53. The van der Waals surface area contributed by atoms with Gasteiger partial charge in [0, 0.05) is 19.7 Å². The molecule has 0 aromatic rings. The molecule has 2 rings (SSSR count). The second-order valence-electron chi connectivity index (χ2n) is 6.25. The molecule has 0 saturated carbocycles. The first kappa shape index (κ1) is 15.8. The summed E-state index contributed by atoms with van der Waals surface area (Å²) >= 11 is 0. The highest BCUT2D eigenvalue weighted by atomic mass is 16.5. The van der Waals surface area contributed by atoms with Crippen molar-refractivity contribution < 1.29 is 9.53 Å². The molecule has 0 aromatic carbocycles. The fourth-order valence-electron chi connectivity index (χ4n) is 3.78. The van der Waals surface area contributed by atoms with Crippen LogP contribution in [0.3, 0.4) is 0 Å². The number of carbonyl (C=O) groups excluding carboxylic acids is 1. The van der Waals surface area contributed by atoms with E-state index in [1.807, 2.05) is 6.92 Å². The summed E-state index contributed by atoms with van der Waals surface area (Å²) in [5, 5.41) is 3.39. The van der Waals surface area contributed by atoms with E-state index in [0.29, 0.717) is 5.91 Å². The minimum absolute atomic E-state index is 0.103. The largest absolute Gasteiger partial charge is 0.377 e. The first-order valence-electron chi connectivity index (χ1n) is 8.33. The van der Waals surface area contributed by atoms with Gasteiger partial charge in [0.1, 0.15) is 0 Å². The summed E-state index contributed by atoms with van der Waals surface area (Å²) < 4.78 is 5.74. The average Bonchev–Trinajstić information content (AvgIpc) is 2.48. The highest BCUT2D eigenvalue weighted by Gasteiger charge is 2.42. The van der Waals surface area contributed by atoms with Gasteiger partial charge in [-0.2, -0.15) is 0 Å². The van der Waals surface area contributed by atoms with Gasteiger partial charge in [0.05, 0.1) is 11.5 Å². The zero-order valence-corrected chi connectivity index (χ0v) is 13.1. The van der Waals surface area contributed by atoms with Gasteiger partial charge in [-0.3, -0.25) is 4.79 Å². The molecule has 1 atom stereocenters. The quantitative estimate of drug-likeness (QED) is 0.840. The highest BCUT2D eigenvalue weighted by molar-refractivity contribution is 5.83. The van der Waals surface area contributed by atoms with E-state index in [0.717, 1.165) is 71.3 Å². The van der Waals surface area contributed by atoms with Crippen LogP contribution in [0.4, 0.5) is 0 Å². The second-order valence-corrected chi connectivity index (χ2v) is 6.25. The van der Waals surface area contributed by atoms with E-state index < -0.39 is 0 Å². The third-order valence-electron chi connectivity index (χ3n) is 4.81. The van der Waals surface area contributed by atoms with E-state index in [9.17, 15) is 4.79 Å². The number of rotatable bonds is 5. The van der Waals surface area contributed by atoms with Crippen LogP contribution in [-0.4, -0.2) is 49.7 Å².